The lowest BCUT2D eigenvalue weighted by atomic mass is 10.0. The molecule has 1 N–H and O–H groups in total. The third kappa shape index (κ3) is 10.2. The Labute approximate surface area is 257 Å². The minimum Gasteiger partial charge on any atom is -0.352 e. The molecule has 0 aromatic heterocycles. The molecule has 0 aliphatic heterocycles. The summed E-state index contributed by atoms with van der Waals surface area (Å²) < 4.78 is 27.3. The fourth-order valence-electron chi connectivity index (χ4n) is 4.44. The standard InChI is InChI=1S/C31H37BrClN3O4S/c1-4-23(2)34-31(38)29(21-24-10-6-5-7-11-24)35(22-25-12-8-13-26(32)20-25)30(37)14-9-19-36(41(3,39)40)28-17-15-27(33)16-18-28/h5-8,10-13,15-18,20,23,29H,4,9,14,19,21-22H2,1-3H3,(H,34,38). The number of halogens is 2. The number of benzene rings is 3. The summed E-state index contributed by atoms with van der Waals surface area (Å²) >= 11 is 9.49. The van der Waals surface area contributed by atoms with Gasteiger partial charge in [-0.25, -0.2) is 8.42 Å². The van der Waals surface area contributed by atoms with Gasteiger partial charge in [-0.1, -0.05) is 76.9 Å². The highest BCUT2D eigenvalue weighted by atomic mass is 79.9. The van der Waals surface area contributed by atoms with Gasteiger partial charge in [-0.15, -0.1) is 0 Å². The molecule has 0 fully saturated rings. The van der Waals surface area contributed by atoms with Crippen LogP contribution in [0.1, 0.15) is 44.2 Å². The molecule has 0 aliphatic carbocycles. The Kier molecular flexibility index (Phi) is 12.2. The highest BCUT2D eigenvalue weighted by Crippen LogP contribution is 2.23. The molecule has 7 nitrogen and oxygen atoms in total. The van der Waals surface area contributed by atoms with E-state index in [0.29, 0.717) is 17.1 Å². The van der Waals surface area contributed by atoms with E-state index in [1.54, 1.807) is 29.2 Å². The maximum Gasteiger partial charge on any atom is 0.243 e. The number of carbonyl (C=O) groups excluding carboxylic acids is 2. The molecule has 0 saturated heterocycles. The van der Waals surface area contributed by atoms with Crippen LogP contribution in [0.3, 0.4) is 0 Å². The minimum absolute atomic E-state index is 0.0497. The zero-order valence-corrected chi connectivity index (χ0v) is 26.8. The van der Waals surface area contributed by atoms with Crippen LogP contribution < -0.4 is 9.62 Å². The summed E-state index contributed by atoms with van der Waals surface area (Å²) in [5.41, 5.74) is 2.29. The second-order valence-corrected chi connectivity index (χ2v) is 13.3. The smallest absolute Gasteiger partial charge is 0.243 e. The van der Waals surface area contributed by atoms with Crippen molar-refractivity contribution < 1.29 is 18.0 Å². The number of rotatable bonds is 14. The largest absolute Gasteiger partial charge is 0.352 e. The van der Waals surface area contributed by atoms with E-state index in [0.717, 1.165) is 28.3 Å². The zero-order valence-electron chi connectivity index (χ0n) is 23.6. The van der Waals surface area contributed by atoms with Crippen molar-refractivity contribution >= 4 is 55.1 Å². The monoisotopic (exact) mass is 661 g/mol. The number of hydrogen-bond donors (Lipinski definition) is 1. The highest BCUT2D eigenvalue weighted by molar-refractivity contribution is 9.10. The Bertz CT molecular complexity index is 1400. The molecule has 10 heteroatoms. The van der Waals surface area contributed by atoms with Crippen LogP contribution in [0.5, 0.6) is 0 Å². The second kappa shape index (κ2) is 15.4. The van der Waals surface area contributed by atoms with Gasteiger partial charge in [0.25, 0.3) is 0 Å². The van der Waals surface area contributed by atoms with Crippen LogP contribution in [0.15, 0.2) is 83.3 Å². The van der Waals surface area contributed by atoms with Gasteiger partial charge in [0.2, 0.25) is 21.8 Å². The molecule has 0 radical (unpaired) electrons. The summed E-state index contributed by atoms with van der Waals surface area (Å²) in [7, 11) is -3.59. The van der Waals surface area contributed by atoms with Crippen LogP contribution in [0.2, 0.25) is 5.02 Å². The van der Waals surface area contributed by atoms with Gasteiger partial charge in [-0.05, 0) is 67.3 Å². The van der Waals surface area contributed by atoms with Gasteiger partial charge in [-0.3, -0.25) is 13.9 Å². The lowest BCUT2D eigenvalue weighted by Crippen LogP contribution is -2.52. The molecule has 0 spiro atoms. The van der Waals surface area contributed by atoms with Crippen molar-refractivity contribution in [1.29, 1.82) is 0 Å². The topological polar surface area (TPSA) is 86.8 Å². The molecule has 2 unspecified atom stereocenters. The molecular weight excluding hydrogens is 626 g/mol. The molecule has 3 rings (SSSR count). The lowest BCUT2D eigenvalue weighted by molar-refractivity contribution is -0.141. The van der Waals surface area contributed by atoms with Gasteiger partial charge in [0.05, 0.1) is 11.9 Å². The van der Waals surface area contributed by atoms with Crippen LogP contribution in [-0.4, -0.2) is 50.0 Å². The highest BCUT2D eigenvalue weighted by Gasteiger charge is 2.31. The molecule has 3 aromatic carbocycles. The molecule has 2 atom stereocenters. The fourth-order valence-corrected chi connectivity index (χ4v) is 5.98. The van der Waals surface area contributed by atoms with Crippen molar-refractivity contribution in [2.24, 2.45) is 0 Å². The van der Waals surface area contributed by atoms with E-state index < -0.39 is 16.1 Å². The van der Waals surface area contributed by atoms with Gasteiger partial charge in [0.1, 0.15) is 6.04 Å². The van der Waals surface area contributed by atoms with Crippen LogP contribution >= 0.6 is 27.5 Å². The maximum atomic E-state index is 13.9. The number of nitrogens with one attached hydrogen (secondary N) is 1. The first-order valence-corrected chi connectivity index (χ1v) is 16.6. The van der Waals surface area contributed by atoms with Crippen LogP contribution in [-0.2, 0) is 32.6 Å². The van der Waals surface area contributed by atoms with E-state index in [9.17, 15) is 18.0 Å². The van der Waals surface area contributed by atoms with Gasteiger partial charge >= 0.3 is 0 Å². The number of nitrogens with zero attached hydrogens (tertiary/aromatic N) is 2. The van der Waals surface area contributed by atoms with Crippen molar-refractivity contribution in [1.82, 2.24) is 10.2 Å². The van der Waals surface area contributed by atoms with E-state index in [-0.39, 0.29) is 43.8 Å². The number of sulfonamides is 1. The number of hydrogen-bond acceptors (Lipinski definition) is 4. The molecular formula is C31H37BrClN3O4S. The average Bonchev–Trinajstić information content (AvgIpc) is 2.93. The maximum absolute atomic E-state index is 13.9. The predicted molar refractivity (Wildman–Crippen MR) is 169 cm³/mol. The molecule has 0 aliphatic rings. The summed E-state index contributed by atoms with van der Waals surface area (Å²) in [5.74, 6) is -0.444. The van der Waals surface area contributed by atoms with Gasteiger partial charge in [-0.2, -0.15) is 0 Å². The summed E-state index contributed by atoms with van der Waals surface area (Å²) in [6.45, 7) is 4.28. The average molecular weight is 663 g/mol. The van der Waals surface area contributed by atoms with Gasteiger partial charge in [0.15, 0.2) is 0 Å². The molecule has 220 valence electrons. The van der Waals surface area contributed by atoms with Crippen molar-refractivity contribution in [2.45, 2.75) is 58.2 Å². The first-order valence-electron chi connectivity index (χ1n) is 13.6. The quantitative estimate of drug-likeness (QED) is 0.223. The third-order valence-electron chi connectivity index (χ3n) is 6.78. The second-order valence-electron chi connectivity index (χ2n) is 10.1. The van der Waals surface area contributed by atoms with Gasteiger partial charge < -0.3 is 10.2 Å². The SMILES string of the molecule is CCC(C)NC(=O)C(Cc1ccccc1)N(Cc1cccc(Br)c1)C(=O)CCCN(c1ccc(Cl)cc1)S(C)(=O)=O. The number of carbonyl (C=O) groups is 2. The fraction of sp³-hybridized carbons (Fsp3) is 0.355. The van der Waals surface area contributed by atoms with Crippen LogP contribution in [0.25, 0.3) is 0 Å². The predicted octanol–water partition coefficient (Wildman–Crippen LogP) is 6.20. The first kappa shape index (κ1) is 32.6. The Morgan fingerprint density at radius 2 is 1.63 bits per heavy atom. The zero-order chi connectivity index (χ0) is 30.0. The van der Waals surface area contributed by atoms with Crippen molar-refractivity contribution in [3.05, 3.63) is 99.5 Å². The number of amides is 2. The normalized spacial score (nSPS) is 12.8. The molecule has 3 aromatic rings. The van der Waals surface area contributed by atoms with Crippen molar-refractivity contribution in [3.8, 4) is 0 Å². The summed E-state index contributed by atoms with van der Waals surface area (Å²) in [6.07, 6.45) is 2.58. The molecule has 0 bridgehead atoms. The van der Waals surface area contributed by atoms with E-state index >= 15 is 0 Å². The van der Waals surface area contributed by atoms with Gasteiger partial charge in [0, 0.05) is 41.5 Å². The Balaban J connectivity index is 1.89. The lowest BCUT2D eigenvalue weighted by Gasteiger charge is -2.32. The van der Waals surface area contributed by atoms with E-state index in [1.165, 1.54) is 4.31 Å². The molecule has 41 heavy (non-hydrogen) atoms. The van der Waals surface area contributed by atoms with E-state index in [1.807, 2.05) is 68.4 Å². The third-order valence-corrected chi connectivity index (χ3v) is 8.72. The molecule has 0 saturated carbocycles. The first-order chi connectivity index (χ1) is 19.5. The van der Waals surface area contributed by atoms with Crippen LogP contribution in [0, 0.1) is 0 Å². The molecule has 2 amide bonds. The Morgan fingerprint density at radius 3 is 2.24 bits per heavy atom. The Hall–Kier alpha value is -2.88. The summed E-state index contributed by atoms with van der Waals surface area (Å²) in [6, 6.07) is 23.0. The summed E-state index contributed by atoms with van der Waals surface area (Å²) in [5, 5.41) is 3.56. The minimum atomic E-state index is -3.59. The molecule has 0 heterocycles. The van der Waals surface area contributed by atoms with Crippen molar-refractivity contribution in [2.75, 3.05) is 17.1 Å². The van der Waals surface area contributed by atoms with E-state index in [2.05, 4.69) is 21.2 Å². The number of anilines is 1. The van der Waals surface area contributed by atoms with Crippen LogP contribution in [0.4, 0.5) is 5.69 Å². The Morgan fingerprint density at radius 1 is 0.976 bits per heavy atom. The van der Waals surface area contributed by atoms with E-state index in [4.69, 9.17) is 11.6 Å². The summed E-state index contributed by atoms with van der Waals surface area (Å²) in [4.78, 5) is 29.1. The van der Waals surface area contributed by atoms with Crippen molar-refractivity contribution in [3.63, 3.8) is 0 Å².